The molecular formula is C14H16ClN3O3. The number of hydrogen-bond donors (Lipinski definition) is 2. The molecular weight excluding hydrogens is 294 g/mol. The number of halogens is 1. The summed E-state index contributed by atoms with van der Waals surface area (Å²) in [5.74, 6) is -0.178. The third-order valence-corrected chi connectivity index (χ3v) is 3.16. The Hall–Kier alpha value is -2.08. The Morgan fingerprint density at radius 2 is 2.05 bits per heavy atom. The average Bonchev–Trinajstić information content (AvgIpc) is 2.66. The van der Waals surface area contributed by atoms with Crippen LogP contribution in [0.5, 0.6) is 5.88 Å². The van der Waals surface area contributed by atoms with Gasteiger partial charge in [-0.3, -0.25) is 0 Å². The maximum atomic E-state index is 11.5. The molecule has 0 saturated carbocycles. The van der Waals surface area contributed by atoms with E-state index in [2.05, 4.69) is 15.2 Å². The number of aromatic amines is 1. The Morgan fingerprint density at radius 3 is 2.67 bits per heavy atom. The van der Waals surface area contributed by atoms with E-state index in [0.717, 1.165) is 5.56 Å². The predicted molar refractivity (Wildman–Crippen MR) is 80.5 cm³/mol. The van der Waals surface area contributed by atoms with Crippen molar-refractivity contribution in [3.8, 4) is 5.88 Å². The fourth-order valence-corrected chi connectivity index (χ4v) is 1.98. The molecule has 112 valence electrons. The van der Waals surface area contributed by atoms with Crippen molar-refractivity contribution in [2.24, 2.45) is 10.2 Å². The first-order chi connectivity index (χ1) is 9.69. The number of carbonyl (C=O) groups excluding carboxylic acids is 1. The van der Waals surface area contributed by atoms with E-state index in [-0.39, 0.29) is 11.6 Å². The van der Waals surface area contributed by atoms with Gasteiger partial charge in [-0.15, -0.1) is 5.11 Å². The largest absolute Gasteiger partial charge is 0.493 e. The number of amides is 1. The van der Waals surface area contributed by atoms with Crippen LogP contribution in [0.1, 0.15) is 26.3 Å². The number of nitrogens with one attached hydrogen (secondary N) is 1. The van der Waals surface area contributed by atoms with Crippen molar-refractivity contribution in [2.75, 3.05) is 0 Å². The minimum atomic E-state index is -0.818. The lowest BCUT2D eigenvalue weighted by Gasteiger charge is -2.16. The molecule has 0 aliphatic carbocycles. The summed E-state index contributed by atoms with van der Waals surface area (Å²) < 4.78 is 5.02. The van der Waals surface area contributed by atoms with Crippen LogP contribution in [0.15, 0.2) is 22.4 Å². The van der Waals surface area contributed by atoms with Gasteiger partial charge in [-0.1, -0.05) is 16.7 Å². The van der Waals surface area contributed by atoms with E-state index in [4.69, 9.17) is 16.3 Å². The lowest BCUT2D eigenvalue weighted by Crippen LogP contribution is -2.21. The molecule has 2 aromatic rings. The fraction of sp³-hybridized carbons (Fsp3) is 0.357. The molecule has 7 heteroatoms. The molecule has 1 aromatic carbocycles. The average molecular weight is 310 g/mol. The molecule has 2 N–H and O–H groups in total. The van der Waals surface area contributed by atoms with Gasteiger partial charge in [0.2, 0.25) is 5.88 Å². The van der Waals surface area contributed by atoms with Crippen molar-refractivity contribution in [1.82, 2.24) is 4.98 Å². The Kier molecular flexibility index (Phi) is 3.91. The van der Waals surface area contributed by atoms with Crippen LogP contribution in [0.2, 0.25) is 5.02 Å². The topological polar surface area (TPSA) is 87.0 Å². The standard InChI is InChI=1S/C14H16ClN3O3/c1-7-9(15)6-5-8-10(7)16-12(19)11(8)17-18-13(20)21-14(2,3)4/h5-6,16,19H,1-4H3. The molecule has 0 aliphatic heterocycles. The smallest absolute Gasteiger partial charge is 0.452 e. The van der Waals surface area contributed by atoms with Gasteiger partial charge in [0.15, 0.2) is 5.69 Å². The van der Waals surface area contributed by atoms with E-state index < -0.39 is 11.7 Å². The zero-order valence-corrected chi connectivity index (χ0v) is 12.9. The Bertz CT molecular complexity index is 729. The van der Waals surface area contributed by atoms with Gasteiger partial charge in [0.1, 0.15) is 5.60 Å². The van der Waals surface area contributed by atoms with Crippen LogP contribution in [0.4, 0.5) is 10.5 Å². The van der Waals surface area contributed by atoms with Crippen LogP contribution in [0, 0.1) is 6.92 Å². The molecule has 0 spiro atoms. The van der Waals surface area contributed by atoms with Crippen LogP contribution in [-0.4, -0.2) is 21.8 Å². The second kappa shape index (κ2) is 5.37. The third-order valence-electron chi connectivity index (χ3n) is 2.75. The quantitative estimate of drug-likeness (QED) is 0.738. The van der Waals surface area contributed by atoms with Gasteiger partial charge in [-0.2, -0.15) is 0 Å². The van der Waals surface area contributed by atoms with Gasteiger partial charge in [0.05, 0.1) is 5.52 Å². The number of fused-ring (bicyclic) bond motifs is 1. The number of benzene rings is 1. The van der Waals surface area contributed by atoms with E-state index in [9.17, 15) is 9.90 Å². The number of hydrogen-bond acceptors (Lipinski definition) is 4. The number of aromatic nitrogens is 1. The molecule has 0 radical (unpaired) electrons. The molecule has 1 amide bonds. The summed E-state index contributed by atoms with van der Waals surface area (Å²) in [5.41, 5.74) is 0.958. The van der Waals surface area contributed by atoms with Crippen molar-refractivity contribution in [3.05, 3.63) is 22.7 Å². The summed E-state index contributed by atoms with van der Waals surface area (Å²) in [5, 5.41) is 18.3. The lowest BCUT2D eigenvalue weighted by molar-refractivity contribution is 0.0592. The van der Waals surface area contributed by atoms with E-state index in [0.29, 0.717) is 15.9 Å². The lowest BCUT2D eigenvalue weighted by atomic mass is 10.1. The van der Waals surface area contributed by atoms with Crippen molar-refractivity contribution >= 4 is 34.3 Å². The molecule has 21 heavy (non-hydrogen) atoms. The first kappa shape index (κ1) is 15.3. The molecule has 6 nitrogen and oxygen atoms in total. The van der Waals surface area contributed by atoms with Crippen LogP contribution >= 0.6 is 11.6 Å². The van der Waals surface area contributed by atoms with Gasteiger partial charge < -0.3 is 14.8 Å². The number of nitrogens with zero attached hydrogens (tertiary/aromatic N) is 2. The maximum Gasteiger partial charge on any atom is 0.452 e. The number of rotatable bonds is 1. The van der Waals surface area contributed by atoms with Crippen molar-refractivity contribution in [3.63, 3.8) is 0 Å². The number of H-pyrrole nitrogens is 1. The van der Waals surface area contributed by atoms with Crippen LogP contribution in [-0.2, 0) is 4.74 Å². The minimum absolute atomic E-state index is 0.177. The summed E-state index contributed by atoms with van der Waals surface area (Å²) >= 11 is 6.02. The van der Waals surface area contributed by atoms with Gasteiger partial charge in [0.25, 0.3) is 0 Å². The second-order valence-corrected chi connectivity index (χ2v) is 6.00. The van der Waals surface area contributed by atoms with Gasteiger partial charge in [0, 0.05) is 10.4 Å². The fourth-order valence-electron chi connectivity index (χ4n) is 1.82. The summed E-state index contributed by atoms with van der Waals surface area (Å²) in [7, 11) is 0. The number of carbonyl (C=O) groups is 1. The molecule has 2 rings (SSSR count). The number of aromatic hydroxyl groups is 1. The normalized spacial score (nSPS) is 12.2. The Morgan fingerprint density at radius 1 is 1.38 bits per heavy atom. The Balaban J connectivity index is 2.37. The predicted octanol–water partition coefficient (Wildman–Crippen LogP) is 4.85. The molecule has 0 saturated heterocycles. The highest BCUT2D eigenvalue weighted by atomic mass is 35.5. The van der Waals surface area contributed by atoms with Crippen LogP contribution in [0.3, 0.4) is 0 Å². The summed E-state index contributed by atoms with van der Waals surface area (Å²) in [6.45, 7) is 7.01. The van der Waals surface area contributed by atoms with E-state index in [1.165, 1.54) is 0 Å². The second-order valence-electron chi connectivity index (χ2n) is 5.60. The van der Waals surface area contributed by atoms with Crippen LogP contribution < -0.4 is 0 Å². The maximum absolute atomic E-state index is 11.5. The molecule has 0 unspecified atom stereocenters. The molecule has 0 bridgehead atoms. The molecule has 0 aliphatic rings. The van der Waals surface area contributed by atoms with Crippen molar-refractivity contribution in [1.29, 1.82) is 0 Å². The molecule has 0 fully saturated rings. The van der Waals surface area contributed by atoms with E-state index in [1.807, 2.05) is 6.92 Å². The molecule has 0 atom stereocenters. The monoisotopic (exact) mass is 309 g/mol. The first-order valence-electron chi connectivity index (χ1n) is 6.33. The number of azo groups is 1. The van der Waals surface area contributed by atoms with E-state index in [1.54, 1.807) is 32.9 Å². The van der Waals surface area contributed by atoms with Gasteiger partial charge in [-0.25, -0.2) is 4.79 Å². The van der Waals surface area contributed by atoms with Gasteiger partial charge >= 0.3 is 6.09 Å². The van der Waals surface area contributed by atoms with Crippen molar-refractivity contribution in [2.45, 2.75) is 33.3 Å². The SMILES string of the molecule is Cc1c(Cl)ccc2c(N=NC(=O)OC(C)(C)C)c(O)[nH]c12. The zero-order valence-electron chi connectivity index (χ0n) is 12.2. The minimum Gasteiger partial charge on any atom is -0.493 e. The molecule has 1 aromatic heterocycles. The highest BCUT2D eigenvalue weighted by Gasteiger charge is 2.17. The highest BCUT2D eigenvalue weighted by Crippen LogP contribution is 2.38. The summed E-state index contributed by atoms with van der Waals surface area (Å²) in [6.07, 6.45) is -0.818. The number of aryl methyl sites for hydroxylation is 1. The first-order valence-corrected chi connectivity index (χ1v) is 6.71. The van der Waals surface area contributed by atoms with Crippen LogP contribution in [0.25, 0.3) is 10.9 Å². The van der Waals surface area contributed by atoms with Crippen molar-refractivity contribution < 1.29 is 14.6 Å². The molecule has 1 heterocycles. The van der Waals surface area contributed by atoms with Gasteiger partial charge in [-0.05, 0) is 45.4 Å². The van der Waals surface area contributed by atoms with E-state index >= 15 is 0 Å². The highest BCUT2D eigenvalue weighted by molar-refractivity contribution is 6.32. The summed E-state index contributed by atoms with van der Waals surface area (Å²) in [6, 6.07) is 3.39. The summed E-state index contributed by atoms with van der Waals surface area (Å²) in [4.78, 5) is 14.3. The third kappa shape index (κ3) is 3.33. The Labute approximate surface area is 126 Å². The number of ether oxygens (including phenoxy) is 1. The zero-order chi connectivity index (χ0) is 15.8.